The number of sulfonamides is 1. The van der Waals surface area contributed by atoms with Gasteiger partial charge in [0.2, 0.25) is 10.0 Å². The summed E-state index contributed by atoms with van der Waals surface area (Å²) < 4.78 is 25.5. The van der Waals surface area contributed by atoms with Gasteiger partial charge in [-0.3, -0.25) is 0 Å². The van der Waals surface area contributed by atoms with Crippen LogP contribution in [0.1, 0.15) is 26.5 Å². The van der Waals surface area contributed by atoms with Crippen molar-refractivity contribution in [2.24, 2.45) is 0 Å². The van der Waals surface area contributed by atoms with Crippen molar-refractivity contribution in [3.8, 4) is 0 Å². The molecule has 0 aromatic carbocycles. The summed E-state index contributed by atoms with van der Waals surface area (Å²) in [5, 5.41) is 0.0450. The topological polar surface area (TPSA) is 66.1 Å². The molecular formula is C14H28ClN3O2SSi. The monoisotopic (exact) mass is 365 g/mol. The lowest BCUT2D eigenvalue weighted by atomic mass is 10.2. The van der Waals surface area contributed by atoms with E-state index in [2.05, 4.69) is 23.1 Å². The molecule has 0 amide bonds. The Labute approximate surface area is 140 Å². The van der Waals surface area contributed by atoms with E-state index in [1.54, 1.807) is 27.9 Å². The van der Waals surface area contributed by atoms with Crippen molar-refractivity contribution in [2.75, 3.05) is 14.1 Å². The predicted molar refractivity (Wildman–Crippen MR) is 96.2 cm³/mol. The second-order valence-electron chi connectivity index (χ2n) is 7.35. The van der Waals surface area contributed by atoms with E-state index >= 15 is 0 Å². The Bertz CT molecular complexity index is 609. The first-order valence-electron chi connectivity index (χ1n) is 7.40. The molecule has 1 aromatic heterocycles. The van der Waals surface area contributed by atoms with Gasteiger partial charge in [-0.2, -0.15) is 0 Å². The van der Waals surface area contributed by atoms with Crippen LogP contribution >= 0.6 is 11.6 Å². The summed E-state index contributed by atoms with van der Waals surface area (Å²) >= 11 is 6.02. The quantitative estimate of drug-likeness (QED) is 0.594. The first-order chi connectivity index (χ1) is 9.79. The second kappa shape index (κ2) is 6.63. The lowest BCUT2D eigenvalue weighted by Gasteiger charge is -2.33. The van der Waals surface area contributed by atoms with Crippen molar-refractivity contribution in [3.05, 3.63) is 11.9 Å². The molecule has 1 atom stereocenters. The summed E-state index contributed by atoms with van der Waals surface area (Å²) in [6.45, 7) is 9.82. The van der Waals surface area contributed by atoms with E-state index < -0.39 is 22.8 Å². The van der Waals surface area contributed by atoms with Crippen LogP contribution in [0.2, 0.25) is 19.1 Å². The standard InChI is InChI=1S/C14H28ClN3O2SSi/c1-11(15)8-12-9-16-13(17-12)22(6,7)10-14(2,3)21(19,20)18(4)5/h9,11H,8,10H2,1-7H3,(H,16,17). The first kappa shape index (κ1) is 19.7. The third-order valence-corrected chi connectivity index (χ3v) is 10.0. The van der Waals surface area contributed by atoms with Gasteiger partial charge in [0.05, 0.1) is 10.2 Å². The molecule has 0 aliphatic carbocycles. The van der Waals surface area contributed by atoms with Crippen LogP contribution in [-0.2, 0) is 16.4 Å². The minimum absolute atomic E-state index is 0.0450. The Morgan fingerprint density at radius 1 is 1.41 bits per heavy atom. The lowest BCUT2D eigenvalue weighted by Crippen LogP contribution is -2.53. The van der Waals surface area contributed by atoms with E-state index in [-0.39, 0.29) is 5.38 Å². The number of nitrogens with zero attached hydrogens (tertiary/aromatic N) is 2. The van der Waals surface area contributed by atoms with Crippen LogP contribution in [0.5, 0.6) is 0 Å². The van der Waals surface area contributed by atoms with Gasteiger partial charge in [-0.1, -0.05) is 13.1 Å². The molecular weight excluding hydrogens is 338 g/mol. The maximum atomic E-state index is 12.5. The summed E-state index contributed by atoms with van der Waals surface area (Å²) in [5.41, 5.74) is 1.94. The number of H-pyrrole nitrogens is 1. The number of rotatable bonds is 7. The number of alkyl halides is 1. The van der Waals surface area contributed by atoms with E-state index in [1.807, 2.05) is 13.1 Å². The highest BCUT2D eigenvalue weighted by molar-refractivity contribution is 7.90. The molecule has 1 aromatic rings. The van der Waals surface area contributed by atoms with Gasteiger partial charge in [0.25, 0.3) is 0 Å². The molecule has 0 aliphatic heterocycles. The molecule has 8 heteroatoms. The van der Waals surface area contributed by atoms with E-state index in [4.69, 9.17) is 11.6 Å². The Kier molecular flexibility index (Phi) is 5.93. The summed E-state index contributed by atoms with van der Waals surface area (Å²) in [4.78, 5) is 7.84. The van der Waals surface area contributed by atoms with Gasteiger partial charge in [0, 0.05) is 37.8 Å². The highest BCUT2D eigenvalue weighted by Gasteiger charge is 2.43. The summed E-state index contributed by atoms with van der Waals surface area (Å²) in [5.74, 6) is 0. The van der Waals surface area contributed by atoms with Crippen LogP contribution in [0.15, 0.2) is 6.20 Å². The highest BCUT2D eigenvalue weighted by atomic mass is 35.5. The zero-order chi connectivity index (χ0) is 17.3. The van der Waals surface area contributed by atoms with Crippen molar-refractivity contribution in [3.63, 3.8) is 0 Å². The zero-order valence-electron chi connectivity index (χ0n) is 14.6. The molecule has 0 radical (unpaired) electrons. The van der Waals surface area contributed by atoms with Gasteiger partial charge in [-0.05, 0) is 26.8 Å². The molecule has 0 aliphatic rings. The zero-order valence-corrected chi connectivity index (χ0v) is 17.1. The van der Waals surface area contributed by atoms with Crippen LogP contribution < -0.4 is 5.45 Å². The molecule has 1 unspecified atom stereocenters. The molecule has 0 saturated carbocycles. The minimum atomic E-state index is -3.32. The fraction of sp³-hybridized carbons (Fsp3) is 0.786. The van der Waals surface area contributed by atoms with Gasteiger partial charge in [-0.15, -0.1) is 11.6 Å². The van der Waals surface area contributed by atoms with Gasteiger partial charge >= 0.3 is 0 Å². The second-order valence-corrected chi connectivity index (χ2v) is 15.5. The lowest BCUT2D eigenvalue weighted by molar-refractivity contribution is 0.486. The number of imidazole rings is 1. The average Bonchev–Trinajstić information content (AvgIpc) is 2.75. The van der Waals surface area contributed by atoms with Gasteiger partial charge in [-0.25, -0.2) is 17.7 Å². The third kappa shape index (κ3) is 4.34. The summed E-state index contributed by atoms with van der Waals surface area (Å²) in [6.07, 6.45) is 2.55. The molecule has 1 heterocycles. The Morgan fingerprint density at radius 2 is 1.95 bits per heavy atom. The Morgan fingerprint density at radius 3 is 2.41 bits per heavy atom. The number of hydrogen-bond acceptors (Lipinski definition) is 3. The summed E-state index contributed by atoms with van der Waals surface area (Å²) in [6, 6.07) is 0.601. The van der Waals surface area contributed by atoms with Crippen LogP contribution in [0.3, 0.4) is 0 Å². The van der Waals surface area contributed by atoms with Crippen molar-refractivity contribution in [1.29, 1.82) is 0 Å². The van der Waals surface area contributed by atoms with Crippen LogP contribution in [-0.4, -0.2) is 55.0 Å². The number of aromatic amines is 1. The largest absolute Gasteiger partial charge is 0.350 e. The number of nitrogens with one attached hydrogen (secondary N) is 1. The SMILES string of the molecule is CC(Cl)Cc1cnc([Si](C)(C)CC(C)(C)S(=O)(=O)N(C)C)[nH]1. The van der Waals surface area contributed by atoms with E-state index in [1.165, 1.54) is 4.31 Å². The maximum Gasteiger partial charge on any atom is 0.218 e. The molecule has 5 nitrogen and oxygen atoms in total. The van der Waals surface area contributed by atoms with Crippen LogP contribution in [0, 0.1) is 0 Å². The molecule has 1 rings (SSSR count). The van der Waals surface area contributed by atoms with Crippen LogP contribution in [0.25, 0.3) is 0 Å². The van der Waals surface area contributed by atoms with E-state index in [0.717, 1.165) is 17.6 Å². The van der Waals surface area contributed by atoms with Gasteiger partial charge in [0.1, 0.15) is 8.07 Å². The van der Waals surface area contributed by atoms with E-state index in [0.29, 0.717) is 6.04 Å². The number of hydrogen-bond donors (Lipinski definition) is 1. The number of halogens is 1. The Balaban J connectivity index is 3.02. The highest BCUT2D eigenvalue weighted by Crippen LogP contribution is 2.29. The van der Waals surface area contributed by atoms with Crippen molar-refractivity contribution in [2.45, 2.75) is 56.5 Å². The smallest absolute Gasteiger partial charge is 0.218 e. The number of aromatic nitrogens is 2. The molecule has 0 spiro atoms. The molecule has 22 heavy (non-hydrogen) atoms. The fourth-order valence-corrected chi connectivity index (χ4v) is 9.02. The molecule has 1 N–H and O–H groups in total. The fourth-order valence-electron chi connectivity index (χ4n) is 2.84. The van der Waals surface area contributed by atoms with Crippen molar-refractivity contribution in [1.82, 2.24) is 14.3 Å². The molecule has 0 bridgehead atoms. The average molecular weight is 366 g/mol. The first-order valence-corrected chi connectivity index (χ1v) is 12.5. The maximum absolute atomic E-state index is 12.5. The van der Waals surface area contributed by atoms with Crippen LogP contribution in [0.4, 0.5) is 0 Å². The minimum Gasteiger partial charge on any atom is -0.350 e. The summed E-state index contributed by atoms with van der Waals surface area (Å²) in [7, 11) is -2.18. The van der Waals surface area contributed by atoms with Crippen molar-refractivity contribution < 1.29 is 8.42 Å². The molecule has 0 saturated heterocycles. The van der Waals surface area contributed by atoms with Gasteiger partial charge < -0.3 is 4.98 Å². The molecule has 0 fully saturated rings. The Hall–Kier alpha value is -0.373. The predicted octanol–water partition coefficient (Wildman–Crippen LogP) is 2.16. The van der Waals surface area contributed by atoms with Crippen molar-refractivity contribution >= 4 is 35.1 Å². The normalized spacial score (nSPS) is 15.3. The van der Waals surface area contributed by atoms with Gasteiger partial charge in [0.15, 0.2) is 0 Å². The van der Waals surface area contributed by atoms with E-state index in [9.17, 15) is 8.42 Å². The third-order valence-electron chi connectivity index (χ3n) is 3.82. The molecule has 128 valence electrons.